The summed E-state index contributed by atoms with van der Waals surface area (Å²) in [6, 6.07) is 0. The maximum Gasteiger partial charge on any atom is 0.349 e. The van der Waals surface area contributed by atoms with Crippen molar-refractivity contribution in [3.63, 3.8) is 0 Å². The molecule has 86 valence electrons. The van der Waals surface area contributed by atoms with E-state index in [4.69, 9.17) is 4.74 Å². The van der Waals surface area contributed by atoms with Gasteiger partial charge in [0.25, 0.3) is 0 Å². The quantitative estimate of drug-likeness (QED) is 0.616. The molecule has 1 N–H and O–H groups in total. The molecule has 0 unspecified atom stereocenters. The number of H-pyrrole nitrogens is 1. The lowest BCUT2D eigenvalue weighted by Gasteiger charge is -1.99. The first-order chi connectivity index (χ1) is 8.25. The molecule has 1 aliphatic rings. The van der Waals surface area contributed by atoms with Crippen LogP contribution < -0.4 is 0 Å². The van der Waals surface area contributed by atoms with Gasteiger partial charge in [0, 0.05) is 18.6 Å². The molecular weight excluding hydrogens is 222 g/mol. The number of aromatic nitrogens is 3. The molecular formula is C11H9N3O3. The minimum Gasteiger partial charge on any atom is -0.389 e. The van der Waals surface area contributed by atoms with Crippen LogP contribution in [0.25, 0.3) is 11.2 Å². The van der Waals surface area contributed by atoms with E-state index in [9.17, 15) is 9.59 Å². The van der Waals surface area contributed by atoms with Crippen molar-refractivity contribution in [2.75, 3.05) is 0 Å². The summed E-state index contributed by atoms with van der Waals surface area (Å²) < 4.78 is 4.76. The van der Waals surface area contributed by atoms with Crippen LogP contribution in [-0.2, 0) is 9.53 Å². The number of hydrogen-bond acceptors (Lipinski definition) is 5. The number of nitrogens with zero attached hydrogens (tertiary/aromatic N) is 2. The summed E-state index contributed by atoms with van der Waals surface area (Å²) in [5.74, 6) is -1.22. The van der Waals surface area contributed by atoms with Crippen molar-refractivity contribution >= 4 is 23.1 Å². The Kier molecular flexibility index (Phi) is 2.14. The van der Waals surface area contributed by atoms with Crippen LogP contribution in [-0.4, -0.2) is 26.9 Å². The van der Waals surface area contributed by atoms with E-state index in [1.165, 1.54) is 18.6 Å². The van der Waals surface area contributed by atoms with Gasteiger partial charge in [-0.05, 0) is 12.8 Å². The van der Waals surface area contributed by atoms with Gasteiger partial charge in [-0.15, -0.1) is 0 Å². The number of carbonyl (C=O) groups excluding carboxylic acids is 2. The van der Waals surface area contributed by atoms with Gasteiger partial charge in [-0.2, -0.15) is 0 Å². The van der Waals surface area contributed by atoms with Gasteiger partial charge < -0.3 is 9.72 Å². The second-order valence-electron chi connectivity index (χ2n) is 3.94. The summed E-state index contributed by atoms with van der Waals surface area (Å²) in [6.45, 7) is 0. The SMILES string of the molecule is O=C(OC(=O)C1CC1)c1c[nH]c2nccnc12. The van der Waals surface area contributed by atoms with Crippen LogP contribution >= 0.6 is 0 Å². The maximum atomic E-state index is 11.7. The molecule has 1 aliphatic carbocycles. The van der Waals surface area contributed by atoms with Gasteiger partial charge in [0.05, 0.1) is 5.92 Å². The van der Waals surface area contributed by atoms with E-state index in [1.54, 1.807) is 0 Å². The molecule has 0 bridgehead atoms. The second kappa shape index (κ2) is 3.65. The van der Waals surface area contributed by atoms with E-state index >= 15 is 0 Å². The fourth-order valence-corrected chi connectivity index (χ4v) is 1.55. The number of esters is 2. The number of ether oxygens (including phenoxy) is 1. The highest BCUT2D eigenvalue weighted by Gasteiger charge is 2.33. The van der Waals surface area contributed by atoms with Crippen LogP contribution in [0, 0.1) is 5.92 Å². The van der Waals surface area contributed by atoms with Crippen molar-refractivity contribution in [3.05, 3.63) is 24.2 Å². The molecule has 0 saturated heterocycles. The molecule has 1 fully saturated rings. The Morgan fingerprint density at radius 2 is 2.06 bits per heavy atom. The van der Waals surface area contributed by atoms with Gasteiger partial charge in [0.15, 0.2) is 5.65 Å². The smallest absolute Gasteiger partial charge is 0.349 e. The normalized spacial score (nSPS) is 14.8. The van der Waals surface area contributed by atoms with Gasteiger partial charge in [0.1, 0.15) is 11.1 Å². The van der Waals surface area contributed by atoms with Gasteiger partial charge in [-0.1, -0.05) is 0 Å². The zero-order valence-electron chi connectivity index (χ0n) is 8.84. The number of rotatable bonds is 2. The van der Waals surface area contributed by atoms with Crippen LogP contribution in [0.5, 0.6) is 0 Å². The monoisotopic (exact) mass is 231 g/mol. The summed E-state index contributed by atoms with van der Waals surface area (Å²) in [6.07, 6.45) is 6.06. The highest BCUT2D eigenvalue weighted by molar-refractivity contribution is 6.05. The molecule has 0 amide bonds. The van der Waals surface area contributed by atoms with Crippen molar-refractivity contribution in [2.24, 2.45) is 5.92 Å². The third-order valence-electron chi connectivity index (χ3n) is 2.63. The summed E-state index contributed by atoms with van der Waals surface area (Å²) in [7, 11) is 0. The van der Waals surface area contributed by atoms with Crippen LogP contribution in [0.1, 0.15) is 23.2 Å². The second-order valence-corrected chi connectivity index (χ2v) is 3.94. The Balaban J connectivity index is 1.87. The van der Waals surface area contributed by atoms with E-state index in [1.807, 2.05) is 0 Å². The Hall–Kier alpha value is -2.24. The van der Waals surface area contributed by atoms with Crippen molar-refractivity contribution in [2.45, 2.75) is 12.8 Å². The first-order valence-electron chi connectivity index (χ1n) is 5.30. The molecule has 2 aromatic rings. The van der Waals surface area contributed by atoms with Crippen LogP contribution in [0.4, 0.5) is 0 Å². The van der Waals surface area contributed by atoms with Crippen molar-refractivity contribution in [1.82, 2.24) is 15.0 Å². The van der Waals surface area contributed by atoms with Gasteiger partial charge in [0.2, 0.25) is 0 Å². The molecule has 6 nitrogen and oxygen atoms in total. The molecule has 0 radical (unpaired) electrons. The number of aromatic amines is 1. The Morgan fingerprint density at radius 3 is 2.82 bits per heavy atom. The van der Waals surface area contributed by atoms with Gasteiger partial charge in [-0.3, -0.25) is 9.78 Å². The highest BCUT2D eigenvalue weighted by Crippen LogP contribution is 2.30. The van der Waals surface area contributed by atoms with Crippen LogP contribution in [0.3, 0.4) is 0 Å². The molecule has 0 aromatic carbocycles. The van der Waals surface area contributed by atoms with Gasteiger partial charge >= 0.3 is 11.9 Å². The van der Waals surface area contributed by atoms with E-state index in [2.05, 4.69) is 15.0 Å². The summed E-state index contributed by atoms with van der Waals surface area (Å²) >= 11 is 0. The maximum absolute atomic E-state index is 11.7. The van der Waals surface area contributed by atoms with E-state index in [-0.39, 0.29) is 11.5 Å². The van der Waals surface area contributed by atoms with Crippen molar-refractivity contribution in [3.8, 4) is 0 Å². The Bertz CT molecular complexity index is 601. The molecule has 3 rings (SSSR count). The topological polar surface area (TPSA) is 84.9 Å². The molecule has 6 heteroatoms. The highest BCUT2D eigenvalue weighted by atomic mass is 16.6. The fraction of sp³-hybridized carbons (Fsp3) is 0.273. The Labute approximate surface area is 96.0 Å². The largest absolute Gasteiger partial charge is 0.389 e. The zero-order chi connectivity index (χ0) is 11.8. The van der Waals surface area contributed by atoms with Crippen molar-refractivity contribution < 1.29 is 14.3 Å². The van der Waals surface area contributed by atoms with Crippen LogP contribution in [0.15, 0.2) is 18.6 Å². The van der Waals surface area contributed by atoms with Crippen LogP contribution in [0.2, 0.25) is 0 Å². The standard InChI is InChI=1S/C11H9N3O3/c15-10(6-1-2-6)17-11(16)7-5-14-9-8(7)12-3-4-13-9/h3-6H,1-2H2,(H,13,14). The third kappa shape index (κ3) is 1.77. The lowest BCUT2D eigenvalue weighted by molar-refractivity contribution is -0.139. The van der Waals surface area contributed by atoms with Crippen molar-refractivity contribution in [1.29, 1.82) is 0 Å². The van der Waals surface area contributed by atoms with E-state index < -0.39 is 11.9 Å². The van der Waals surface area contributed by atoms with Gasteiger partial charge in [-0.25, -0.2) is 9.78 Å². The zero-order valence-corrected chi connectivity index (χ0v) is 8.84. The summed E-state index contributed by atoms with van der Waals surface area (Å²) in [5.41, 5.74) is 1.15. The Morgan fingerprint density at radius 1 is 1.29 bits per heavy atom. The molecule has 2 aromatic heterocycles. The number of fused-ring (bicyclic) bond motifs is 1. The lowest BCUT2D eigenvalue weighted by Crippen LogP contribution is -2.13. The number of carbonyl (C=O) groups is 2. The fourth-order valence-electron chi connectivity index (χ4n) is 1.55. The predicted octanol–water partition coefficient (Wildman–Crippen LogP) is 1.05. The van der Waals surface area contributed by atoms with E-state index in [0.29, 0.717) is 11.2 Å². The first-order valence-corrected chi connectivity index (χ1v) is 5.30. The molecule has 1 saturated carbocycles. The molecule has 0 atom stereocenters. The average molecular weight is 231 g/mol. The summed E-state index contributed by atoms with van der Waals surface area (Å²) in [5, 5.41) is 0. The summed E-state index contributed by atoms with van der Waals surface area (Å²) in [4.78, 5) is 33.9. The predicted molar refractivity (Wildman–Crippen MR) is 57.0 cm³/mol. The van der Waals surface area contributed by atoms with E-state index in [0.717, 1.165) is 12.8 Å². The minimum absolute atomic E-state index is 0.102. The molecule has 2 heterocycles. The number of hydrogen-bond donors (Lipinski definition) is 1. The average Bonchev–Trinajstić information content (AvgIpc) is 3.09. The number of nitrogens with one attached hydrogen (secondary N) is 1. The minimum atomic E-state index is -0.673. The first kappa shape index (κ1) is 9.95. The molecule has 0 aliphatic heterocycles. The third-order valence-corrected chi connectivity index (χ3v) is 2.63. The lowest BCUT2D eigenvalue weighted by atomic mass is 10.3. The molecule has 17 heavy (non-hydrogen) atoms. The molecule has 0 spiro atoms.